The van der Waals surface area contributed by atoms with Gasteiger partial charge in [0.15, 0.2) is 0 Å². The average molecular weight is 399 g/mol. The zero-order chi connectivity index (χ0) is 20.0. The third-order valence-electron chi connectivity index (χ3n) is 8.69. The molecule has 0 aromatic heterocycles. The third kappa shape index (κ3) is 2.07. The minimum absolute atomic E-state index is 0.347. The highest BCUT2D eigenvalue weighted by Gasteiger charge is 2.55. The van der Waals surface area contributed by atoms with Gasteiger partial charge in [-0.25, -0.2) is 0 Å². The molecule has 2 aliphatic carbocycles. The molecule has 6 atom stereocenters. The van der Waals surface area contributed by atoms with Crippen LogP contribution in [0.4, 0.5) is 11.4 Å². The summed E-state index contributed by atoms with van der Waals surface area (Å²) in [6, 6.07) is 17.9. The van der Waals surface area contributed by atoms with Crippen LogP contribution in [0.15, 0.2) is 48.5 Å². The standard InChI is InChI=1S/2C13H13NO/c2*15-12-7-8-5-6-10-9-3-1-2-4-11(9)14(12)13(8)10/h2*1-4,8,10,13H,5-7H2/t2*8-,10+,13+/m00/s1. The largest absolute Gasteiger partial charge is 0.308 e. The first-order valence-electron chi connectivity index (χ1n) is 11.5. The SMILES string of the molecule is O=C1C[C@@H]2CC[C@@H]3c4ccccc4N1[C@H]23.O=C1C[C@@H]2CC[C@@H]3c4ccccc4N1[C@H]23. The molecular formula is C26H26N2O2. The van der Waals surface area contributed by atoms with Gasteiger partial charge >= 0.3 is 0 Å². The van der Waals surface area contributed by atoms with Crippen molar-refractivity contribution in [3.05, 3.63) is 59.7 Å². The minimum Gasteiger partial charge on any atom is -0.308 e. The van der Waals surface area contributed by atoms with Gasteiger partial charge in [-0.2, -0.15) is 0 Å². The minimum atomic E-state index is 0.347. The maximum absolute atomic E-state index is 11.9. The van der Waals surface area contributed by atoms with Crippen LogP contribution in [0, 0.1) is 11.8 Å². The number of fused-ring (bicyclic) bond motifs is 6. The van der Waals surface area contributed by atoms with Gasteiger partial charge < -0.3 is 9.80 Å². The van der Waals surface area contributed by atoms with Crippen molar-refractivity contribution in [3.63, 3.8) is 0 Å². The van der Waals surface area contributed by atoms with Crippen molar-refractivity contribution in [3.8, 4) is 0 Å². The number of anilines is 2. The third-order valence-corrected chi connectivity index (χ3v) is 8.69. The molecular weight excluding hydrogens is 372 g/mol. The van der Waals surface area contributed by atoms with Gasteiger partial charge in [-0.3, -0.25) is 9.59 Å². The highest BCUT2D eigenvalue weighted by Crippen LogP contribution is 2.56. The van der Waals surface area contributed by atoms with Gasteiger partial charge in [0, 0.05) is 48.1 Å². The molecule has 0 spiro atoms. The van der Waals surface area contributed by atoms with E-state index in [0.29, 0.717) is 47.6 Å². The molecule has 6 aliphatic rings. The molecule has 2 aromatic carbocycles. The summed E-state index contributed by atoms with van der Waals surface area (Å²) in [5.41, 5.74) is 5.22. The Labute approximate surface area is 176 Å². The molecule has 0 N–H and O–H groups in total. The predicted molar refractivity (Wildman–Crippen MR) is 116 cm³/mol. The van der Waals surface area contributed by atoms with Crippen LogP contribution < -0.4 is 9.80 Å². The van der Waals surface area contributed by atoms with Crippen LogP contribution in [0.1, 0.15) is 61.5 Å². The molecule has 4 nitrogen and oxygen atoms in total. The molecule has 0 radical (unpaired) electrons. The lowest BCUT2D eigenvalue weighted by molar-refractivity contribution is -0.118. The normalized spacial score (nSPS) is 35.9. The summed E-state index contributed by atoms with van der Waals surface area (Å²) in [6.07, 6.45) is 6.61. The molecule has 0 unspecified atom stereocenters. The number of amides is 2. The molecule has 0 bridgehead atoms. The van der Waals surface area contributed by atoms with Crippen LogP contribution in [0.2, 0.25) is 0 Å². The summed E-state index contributed by atoms with van der Waals surface area (Å²) in [4.78, 5) is 28.0. The molecule has 152 valence electrons. The molecule has 4 heterocycles. The summed E-state index contributed by atoms with van der Waals surface area (Å²) in [5, 5.41) is 0. The Morgan fingerprint density at radius 2 is 1.03 bits per heavy atom. The number of benzene rings is 2. The van der Waals surface area contributed by atoms with E-state index >= 15 is 0 Å². The Morgan fingerprint density at radius 3 is 1.50 bits per heavy atom. The number of para-hydroxylation sites is 2. The van der Waals surface area contributed by atoms with Crippen LogP contribution in [0.25, 0.3) is 0 Å². The van der Waals surface area contributed by atoms with Crippen molar-refractivity contribution in [1.82, 2.24) is 0 Å². The van der Waals surface area contributed by atoms with E-state index in [1.807, 2.05) is 12.1 Å². The van der Waals surface area contributed by atoms with E-state index in [0.717, 1.165) is 12.8 Å². The van der Waals surface area contributed by atoms with E-state index in [4.69, 9.17) is 0 Å². The summed E-state index contributed by atoms with van der Waals surface area (Å²) >= 11 is 0. The van der Waals surface area contributed by atoms with Crippen molar-refractivity contribution in [2.75, 3.05) is 9.80 Å². The average Bonchev–Trinajstić information content (AvgIpc) is 3.54. The van der Waals surface area contributed by atoms with E-state index in [1.54, 1.807) is 0 Å². The Hall–Kier alpha value is -2.62. The van der Waals surface area contributed by atoms with Crippen molar-refractivity contribution in [1.29, 1.82) is 0 Å². The van der Waals surface area contributed by atoms with Gasteiger partial charge in [-0.05, 0) is 60.8 Å². The second kappa shape index (κ2) is 5.96. The molecule has 8 rings (SSSR count). The van der Waals surface area contributed by atoms with Gasteiger partial charge in [-0.1, -0.05) is 36.4 Å². The second-order valence-electron chi connectivity index (χ2n) is 9.92. The molecule has 2 aromatic rings. The van der Waals surface area contributed by atoms with E-state index in [1.165, 1.54) is 48.2 Å². The Kier molecular flexibility index (Phi) is 3.40. The van der Waals surface area contributed by atoms with Gasteiger partial charge in [0.25, 0.3) is 0 Å². The topological polar surface area (TPSA) is 40.6 Å². The van der Waals surface area contributed by atoms with Crippen molar-refractivity contribution >= 4 is 23.2 Å². The number of carbonyl (C=O) groups is 2. The first kappa shape index (κ1) is 17.1. The van der Waals surface area contributed by atoms with Crippen LogP contribution >= 0.6 is 0 Å². The first-order chi connectivity index (χ1) is 14.7. The van der Waals surface area contributed by atoms with Crippen LogP contribution in [0.5, 0.6) is 0 Å². The quantitative estimate of drug-likeness (QED) is 0.651. The summed E-state index contributed by atoms with van der Waals surface area (Å²) < 4.78 is 0. The summed E-state index contributed by atoms with van der Waals surface area (Å²) in [5.74, 6) is 3.24. The summed E-state index contributed by atoms with van der Waals surface area (Å²) in [7, 11) is 0. The van der Waals surface area contributed by atoms with Crippen molar-refractivity contribution in [2.45, 2.75) is 62.4 Å². The molecule has 4 heteroatoms. The lowest BCUT2D eigenvalue weighted by Crippen LogP contribution is -2.30. The second-order valence-corrected chi connectivity index (χ2v) is 9.92. The molecule has 2 saturated carbocycles. The smallest absolute Gasteiger partial charge is 0.227 e. The van der Waals surface area contributed by atoms with Gasteiger partial charge in [0.05, 0.1) is 0 Å². The van der Waals surface area contributed by atoms with Crippen LogP contribution in [-0.4, -0.2) is 23.9 Å². The molecule has 2 saturated heterocycles. The fraction of sp³-hybridized carbons (Fsp3) is 0.462. The fourth-order valence-electron chi connectivity index (χ4n) is 7.64. The van der Waals surface area contributed by atoms with Gasteiger partial charge in [-0.15, -0.1) is 0 Å². The van der Waals surface area contributed by atoms with E-state index in [2.05, 4.69) is 46.2 Å². The number of nitrogens with zero attached hydrogens (tertiary/aromatic N) is 2. The van der Waals surface area contributed by atoms with Crippen molar-refractivity contribution < 1.29 is 9.59 Å². The number of carbonyl (C=O) groups excluding carboxylic acids is 2. The number of rotatable bonds is 0. The predicted octanol–water partition coefficient (Wildman–Crippen LogP) is 4.60. The molecule has 4 aliphatic heterocycles. The van der Waals surface area contributed by atoms with E-state index in [-0.39, 0.29) is 0 Å². The zero-order valence-corrected chi connectivity index (χ0v) is 17.0. The first-order valence-corrected chi connectivity index (χ1v) is 11.5. The number of hydrogen-bond donors (Lipinski definition) is 0. The summed E-state index contributed by atoms with van der Waals surface area (Å²) in [6.45, 7) is 0. The molecule has 30 heavy (non-hydrogen) atoms. The maximum Gasteiger partial charge on any atom is 0.227 e. The zero-order valence-electron chi connectivity index (χ0n) is 17.0. The Morgan fingerprint density at radius 1 is 0.600 bits per heavy atom. The fourth-order valence-corrected chi connectivity index (χ4v) is 7.64. The highest BCUT2D eigenvalue weighted by molar-refractivity contribution is 6.00. The van der Waals surface area contributed by atoms with E-state index in [9.17, 15) is 9.59 Å². The Balaban J connectivity index is 0.000000108. The maximum atomic E-state index is 11.9. The van der Waals surface area contributed by atoms with E-state index < -0.39 is 0 Å². The van der Waals surface area contributed by atoms with Gasteiger partial charge in [0.2, 0.25) is 11.8 Å². The monoisotopic (exact) mass is 398 g/mol. The highest BCUT2D eigenvalue weighted by atomic mass is 16.2. The number of hydrogen-bond acceptors (Lipinski definition) is 2. The van der Waals surface area contributed by atoms with Crippen molar-refractivity contribution in [2.24, 2.45) is 11.8 Å². The lowest BCUT2D eigenvalue weighted by Gasteiger charge is -2.18. The van der Waals surface area contributed by atoms with Crippen LogP contribution in [-0.2, 0) is 9.59 Å². The lowest BCUT2D eigenvalue weighted by atomic mass is 9.95. The Bertz CT molecular complexity index is 993. The van der Waals surface area contributed by atoms with Crippen LogP contribution in [0.3, 0.4) is 0 Å². The molecule has 2 amide bonds. The molecule has 4 fully saturated rings. The van der Waals surface area contributed by atoms with Gasteiger partial charge in [0.1, 0.15) is 0 Å².